The van der Waals surface area contributed by atoms with Crippen molar-refractivity contribution in [3.8, 4) is 11.3 Å². The Bertz CT molecular complexity index is 1200. The van der Waals surface area contributed by atoms with Crippen molar-refractivity contribution in [2.45, 2.75) is 5.92 Å². The van der Waals surface area contributed by atoms with Crippen LogP contribution in [0.15, 0.2) is 66.7 Å². The molecule has 1 atom stereocenters. The van der Waals surface area contributed by atoms with Crippen molar-refractivity contribution in [3.05, 3.63) is 105 Å². The Morgan fingerprint density at radius 3 is 2.28 bits per heavy atom. The molecule has 3 aromatic carbocycles. The van der Waals surface area contributed by atoms with Gasteiger partial charge in [-0.2, -0.15) is 0 Å². The highest BCUT2D eigenvalue weighted by molar-refractivity contribution is 5.92. The van der Waals surface area contributed by atoms with Crippen molar-refractivity contribution in [3.63, 3.8) is 0 Å². The topological polar surface area (TPSA) is 58.9 Å². The van der Waals surface area contributed by atoms with Gasteiger partial charge in [-0.1, -0.05) is 24.3 Å². The largest absolute Gasteiger partial charge is 0.354 e. The van der Waals surface area contributed by atoms with E-state index in [1.54, 1.807) is 6.07 Å². The van der Waals surface area contributed by atoms with Gasteiger partial charge in [0.25, 0.3) is 0 Å². The van der Waals surface area contributed by atoms with Crippen LogP contribution < -0.4 is 0 Å². The van der Waals surface area contributed by atoms with Crippen molar-refractivity contribution in [1.82, 2.24) is 4.98 Å². The second-order valence-electron chi connectivity index (χ2n) is 6.73. The molecule has 29 heavy (non-hydrogen) atoms. The summed E-state index contributed by atoms with van der Waals surface area (Å²) in [5.74, 6) is -2.14. The van der Waals surface area contributed by atoms with Crippen LogP contribution in [0, 0.1) is 27.6 Å². The highest BCUT2D eigenvalue weighted by atomic mass is 19.1. The second-order valence-corrected chi connectivity index (χ2v) is 6.73. The van der Waals surface area contributed by atoms with Crippen LogP contribution in [0.25, 0.3) is 22.2 Å². The summed E-state index contributed by atoms with van der Waals surface area (Å²) in [6.45, 7) is -0.460. The Kier molecular flexibility index (Phi) is 4.80. The summed E-state index contributed by atoms with van der Waals surface area (Å²) >= 11 is 0. The Morgan fingerprint density at radius 2 is 1.59 bits per heavy atom. The molecule has 1 aromatic heterocycles. The summed E-state index contributed by atoms with van der Waals surface area (Å²) in [6.07, 6.45) is 0. The first-order chi connectivity index (χ1) is 13.9. The second kappa shape index (κ2) is 7.43. The minimum Gasteiger partial charge on any atom is -0.354 e. The Hall–Kier alpha value is -3.61. The smallest absolute Gasteiger partial charge is 0.214 e. The SMILES string of the molecule is O=[N+]([O-])CC(c1ccc(F)cc1)c1c(-c2cccc(F)c2)[nH]c2cc(F)ccc12. The maximum Gasteiger partial charge on any atom is 0.214 e. The van der Waals surface area contributed by atoms with Crippen LogP contribution in [0.3, 0.4) is 0 Å². The fourth-order valence-corrected chi connectivity index (χ4v) is 3.63. The Balaban J connectivity index is 2.01. The zero-order valence-corrected chi connectivity index (χ0v) is 15.0. The first kappa shape index (κ1) is 18.7. The molecule has 0 aliphatic carbocycles. The van der Waals surface area contributed by atoms with E-state index in [1.807, 2.05) is 0 Å². The molecule has 7 heteroatoms. The summed E-state index contributed by atoms with van der Waals surface area (Å²) in [4.78, 5) is 14.1. The van der Waals surface area contributed by atoms with Crippen LogP contribution in [0.2, 0.25) is 0 Å². The van der Waals surface area contributed by atoms with Gasteiger partial charge in [0.1, 0.15) is 17.5 Å². The summed E-state index contributed by atoms with van der Waals surface area (Å²) in [5, 5.41) is 12.0. The number of hydrogen-bond acceptors (Lipinski definition) is 2. The molecule has 1 heterocycles. The van der Waals surface area contributed by atoms with Crippen molar-refractivity contribution in [2.24, 2.45) is 0 Å². The molecule has 4 aromatic rings. The number of benzene rings is 3. The van der Waals surface area contributed by atoms with E-state index in [0.29, 0.717) is 33.3 Å². The summed E-state index contributed by atoms with van der Waals surface area (Å²) in [7, 11) is 0. The van der Waals surface area contributed by atoms with Gasteiger partial charge in [0.05, 0.1) is 11.6 Å². The number of aromatic amines is 1. The van der Waals surface area contributed by atoms with Crippen LogP contribution in [0.1, 0.15) is 17.0 Å². The van der Waals surface area contributed by atoms with Gasteiger partial charge >= 0.3 is 0 Å². The Labute approximate surface area is 163 Å². The van der Waals surface area contributed by atoms with E-state index in [2.05, 4.69) is 4.98 Å². The molecule has 0 radical (unpaired) electrons. The lowest BCUT2D eigenvalue weighted by Gasteiger charge is -2.16. The fourth-order valence-electron chi connectivity index (χ4n) is 3.63. The van der Waals surface area contributed by atoms with E-state index in [9.17, 15) is 23.3 Å². The average molecular weight is 396 g/mol. The van der Waals surface area contributed by atoms with E-state index in [1.165, 1.54) is 60.7 Å². The van der Waals surface area contributed by atoms with Gasteiger partial charge in [0, 0.05) is 21.4 Å². The molecule has 0 spiro atoms. The molecule has 0 aliphatic heterocycles. The standard InChI is InChI=1S/C22H15F3N2O2/c23-15-6-4-13(5-7-15)19(12-27(28)29)21-18-9-8-17(25)11-20(18)26-22(21)14-2-1-3-16(24)10-14/h1-11,19,26H,12H2. The van der Waals surface area contributed by atoms with Gasteiger partial charge in [-0.05, 0) is 53.6 Å². The minimum atomic E-state index is -0.747. The zero-order valence-electron chi connectivity index (χ0n) is 15.0. The summed E-state index contributed by atoms with van der Waals surface area (Å²) < 4.78 is 41.1. The number of H-pyrrole nitrogens is 1. The molecule has 1 N–H and O–H groups in total. The van der Waals surface area contributed by atoms with Gasteiger partial charge in [0.15, 0.2) is 0 Å². The van der Waals surface area contributed by atoms with E-state index < -0.39 is 34.8 Å². The van der Waals surface area contributed by atoms with Crippen LogP contribution in [0.5, 0.6) is 0 Å². The molecule has 0 bridgehead atoms. The lowest BCUT2D eigenvalue weighted by molar-refractivity contribution is -0.481. The molecular formula is C22H15F3N2O2. The molecule has 0 fully saturated rings. The van der Waals surface area contributed by atoms with Crippen LogP contribution >= 0.6 is 0 Å². The zero-order chi connectivity index (χ0) is 20.5. The first-order valence-corrected chi connectivity index (χ1v) is 8.86. The van der Waals surface area contributed by atoms with E-state index >= 15 is 0 Å². The fraction of sp³-hybridized carbons (Fsp3) is 0.0909. The third-order valence-electron chi connectivity index (χ3n) is 4.87. The van der Waals surface area contributed by atoms with Gasteiger partial charge < -0.3 is 4.98 Å². The molecule has 0 saturated heterocycles. The number of halogens is 3. The monoisotopic (exact) mass is 396 g/mol. The predicted molar refractivity (Wildman–Crippen MR) is 104 cm³/mol. The molecule has 1 unspecified atom stereocenters. The molecule has 0 amide bonds. The normalized spacial score (nSPS) is 12.2. The highest BCUT2D eigenvalue weighted by Crippen LogP contribution is 2.39. The van der Waals surface area contributed by atoms with Gasteiger partial charge in [-0.15, -0.1) is 0 Å². The minimum absolute atomic E-state index is 0.440. The van der Waals surface area contributed by atoms with Gasteiger partial charge in [0.2, 0.25) is 6.54 Å². The van der Waals surface area contributed by atoms with Crippen LogP contribution in [0.4, 0.5) is 13.2 Å². The maximum atomic E-state index is 13.9. The first-order valence-electron chi connectivity index (χ1n) is 8.86. The maximum absolute atomic E-state index is 13.9. The van der Waals surface area contributed by atoms with Crippen molar-refractivity contribution in [2.75, 3.05) is 6.54 Å². The number of nitrogens with zero attached hydrogens (tertiary/aromatic N) is 1. The molecule has 0 saturated carbocycles. The number of nitro groups is 1. The van der Waals surface area contributed by atoms with Crippen LogP contribution in [-0.4, -0.2) is 16.5 Å². The highest BCUT2D eigenvalue weighted by Gasteiger charge is 2.28. The number of nitrogens with one attached hydrogen (secondary N) is 1. The Morgan fingerprint density at radius 1 is 0.897 bits per heavy atom. The van der Waals surface area contributed by atoms with Crippen molar-refractivity contribution in [1.29, 1.82) is 0 Å². The predicted octanol–water partition coefficient (Wildman–Crippen LogP) is 5.66. The summed E-state index contributed by atoms with van der Waals surface area (Å²) in [6, 6.07) is 15.3. The lowest BCUT2D eigenvalue weighted by Crippen LogP contribution is -2.14. The number of fused-ring (bicyclic) bond motifs is 1. The number of aromatic nitrogens is 1. The van der Waals surface area contributed by atoms with E-state index in [4.69, 9.17) is 0 Å². The van der Waals surface area contributed by atoms with Crippen molar-refractivity contribution >= 4 is 10.9 Å². The molecule has 146 valence electrons. The van der Waals surface area contributed by atoms with Gasteiger partial charge in [-0.25, -0.2) is 13.2 Å². The number of hydrogen-bond donors (Lipinski definition) is 1. The van der Waals surface area contributed by atoms with Crippen molar-refractivity contribution < 1.29 is 18.1 Å². The van der Waals surface area contributed by atoms with Gasteiger partial charge in [-0.3, -0.25) is 10.1 Å². The quantitative estimate of drug-likeness (QED) is 0.349. The molecule has 4 nitrogen and oxygen atoms in total. The average Bonchev–Trinajstić information content (AvgIpc) is 3.05. The lowest BCUT2D eigenvalue weighted by atomic mass is 9.87. The molecule has 0 aliphatic rings. The van der Waals surface area contributed by atoms with E-state index in [-0.39, 0.29) is 0 Å². The summed E-state index contributed by atoms with van der Waals surface area (Å²) in [5.41, 5.74) is 2.45. The van der Waals surface area contributed by atoms with Crippen LogP contribution in [-0.2, 0) is 0 Å². The molecular weight excluding hydrogens is 381 g/mol. The third-order valence-corrected chi connectivity index (χ3v) is 4.87. The third kappa shape index (κ3) is 3.71. The number of rotatable bonds is 5. The van der Waals surface area contributed by atoms with E-state index in [0.717, 1.165) is 0 Å². The molecule has 4 rings (SSSR count).